The molecule has 0 saturated heterocycles. The molecular formula is C13H7F3O2. The fourth-order valence-corrected chi connectivity index (χ4v) is 1.43. The van der Waals surface area contributed by atoms with Crippen LogP contribution < -0.4 is 4.74 Å². The number of aldehydes is 1. The molecule has 0 aliphatic heterocycles. The zero-order chi connectivity index (χ0) is 13.1. The fourth-order valence-electron chi connectivity index (χ4n) is 1.43. The van der Waals surface area contributed by atoms with Gasteiger partial charge in [-0.1, -0.05) is 6.07 Å². The van der Waals surface area contributed by atoms with Crippen molar-refractivity contribution in [2.45, 2.75) is 0 Å². The number of benzene rings is 2. The predicted molar refractivity (Wildman–Crippen MR) is 58.2 cm³/mol. The summed E-state index contributed by atoms with van der Waals surface area (Å²) in [6.07, 6.45) is 0.397. The zero-order valence-electron chi connectivity index (χ0n) is 8.99. The molecule has 2 nitrogen and oxygen atoms in total. The number of ether oxygens (including phenoxy) is 1. The van der Waals surface area contributed by atoms with Gasteiger partial charge in [-0.3, -0.25) is 4.79 Å². The van der Waals surface area contributed by atoms with Crippen LogP contribution in [0.15, 0.2) is 36.4 Å². The molecule has 0 aromatic heterocycles. The first-order valence-electron chi connectivity index (χ1n) is 4.98. The monoisotopic (exact) mass is 252 g/mol. The van der Waals surface area contributed by atoms with Crippen LogP contribution in [0.1, 0.15) is 10.4 Å². The first-order chi connectivity index (χ1) is 8.60. The third-order valence-corrected chi connectivity index (χ3v) is 2.18. The van der Waals surface area contributed by atoms with E-state index < -0.39 is 17.5 Å². The van der Waals surface area contributed by atoms with Gasteiger partial charge in [0.1, 0.15) is 17.4 Å². The Morgan fingerprint density at radius 2 is 1.67 bits per heavy atom. The molecule has 2 rings (SSSR count). The van der Waals surface area contributed by atoms with E-state index in [1.165, 1.54) is 12.1 Å². The van der Waals surface area contributed by atoms with E-state index in [4.69, 9.17) is 4.74 Å². The van der Waals surface area contributed by atoms with E-state index in [2.05, 4.69) is 0 Å². The zero-order valence-corrected chi connectivity index (χ0v) is 8.99. The molecule has 5 heteroatoms. The van der Waals surface area contributed by atoms with E-state index in [0.29, 0.717) is 12.4 Å². The molecule has 0 atom stereocenters. The van der Waals surface area contributed by atoms with E-state index in [1.54, 1.807) is 0 Å². The molecule has 0 fully saturated rings. The molecule has 0 radical (unpaired) electrons. The van der Waals surface area contributed by atoms with Crippen LogP contribution in [0.2, 0.25) is 0 Å². The highest BCUT2D eigenvalue weighted by Crippen LogP contribution is 2.28. The molecule has 18 heavy (non-hydrogen) atoms. The molecule has 92 valence electrons. The molecule has 0 bridgehead atoms. The van der Waals surface area contributed by atoms with Crippen LogP contribution in [0.3, 0.4) is 0 Å². The summed E-state index contributed by atoms with van der Waals surface area (Å²) in [4.78, 5) is 10.7. The molecule has 2 aromatic rings. The number of carbonyl (C=O) groups excluding carboxylic acids is 1. The lowest BCUT2D eigenvalue weighted by Gasteiger charge is -2.09. The van der Waals surface area contributed by atoms with Crippen molar-refractivity contribution in [2.24, 2.45) is 0 Å². The van der Waals surface area contributed by atoms with Gasteiger partial charge in [-0.15, -0.1) is 0 Å². The minimum absolute atomic E-state index is 0.0420. The summed E-state index contributed by atoms with van der Waals surface area (Å²) < 4.78 is 44.3. The highest BCUT2D eigenvalue weighted by Gasteiger charge is 2.11. The Hall–Kier alpha value is -2.30. The summed E-state index contributed by atoms with van der Waals surface area (Å²) in [7, 11) is 0. The van der Waals surface area contributed by atoms with E-state index in [-0.39, 0.29) is 17.1 Å². The van der Waals surface area contributed by atoms with Crippen LogP contribution in [0.5, 0.6) is 11.5 Å². The third-order valence-electron chi connectivity index (χ3n) is 2.18. The maximum Gasteiger partial charge on any atom is 0.173 e. The molecule has 0 aliphatic rings. The van der Waals surface area contributed by atoms with Gasteiger partial charge in [-0.05, 0) is 12.1 Å². The number of halogens is 3. The maximum absolute atomic E-state index is 13.5. The second-order valence-corrected chi connectivity index (χ2v) is 3.48. The van der Waals surface area contributed by atoms with Crippen molar-refractivity contribution < 1.29 is 22.7 Å². The number of hydrogen-bond donors (Lipinski definition) is 0. The SMILES string of the molecule is O=Cc1cccc(F)c1Oc1cc(F)cc(F)c1. The lowest BCUT2D eigenvalue weighted by atomic mass is 10.2. The standard InChI is InChI=1S/C13H7F3O2/c14-9-4-10(15)6-11(5-9)18-13-8(7-17)2-1-3-12(13)16/h1-7H. The molecular weight excluding hydrogens is 245 g/mol. The summed E-state index contributed by atoms with van der Waals surface area (Å²) in [5, 5.41) is 0. The number of hydrogen-bond acceptors (Lipinski definition) is 2. The van der Waals surface area contributed by atoms with Crippen molar-refractivity contribution in [3.63, 3.8) is 0 Å². The Labute approximate surface area is 101 Å². The topological polar surface area (TPSA) is 26.3 Å². The molecule has 0 amide bonds. The average molecular weight is 252 g/mol. The van der Waals surface area contributed by atoms with Crippen molar-refractivity contribution in [1.29, 1.82) is 0 Å². The van der Waals surface area contributed by atoms with Crippen LogP contribution in [0.25, 0.3) is 0 Å². The Bertz CT molecular complexity index is 577. The molecule has 2 aromatic carbocycles. The van der Waals surface area contributed by atoms with Gasteiger partial charge in [0.15, 0.2) is 17.9 Å². The highest BCUT2D eigenvalue weighted by atomic mass is 19.1. The van der Waals surface area contributed by atoms with Crippen LogP contribution in [0, 0.1) is 17.5 Å². The second kappa shape index (κ2) is 4.91. The van der Waals surface area contributed by atoms with Crippen LogP contribution in [-0.2, 0) is 0 Å². The Kier molecular flexibility index (Phi) is 3.32. The predicted octanol–water partition coefficient (Wildman–Crippen LogP) is 3.71. The minimum atomic E-state index is -0.853. The first kappa shape index (κ1) is 12.2. The van der Waals surface area contributed by atoms with E-state index in [9.17, 15) is 18.0 Å². The second-order valence-electron chi connectivity index (χ2n) is 3.48. The van der Waals surface area contributed by atoms with E-state index >= 15 is 0 Å². The lowest BCUT2D eigenvalue weighted by molar-refractivity contribution is 0.112. The molecule has 0 unspecified atom stereocenters. The largest absolute Gasteiger partial charge is 0.453 e. The lowest BCUT2D eigenvalue weighted by Crippen LogP contribution is -1.95. The number of rotatable bonds is 3. The van der Waals surface area contributed by atoms with Crippen LogP contribution in [-0.4, -0.2) is 6.29 Å². The summed E-state index contributed by atoms with van der Waals surface area (Å²) in [5.41, 5.74) is -0.0420. The number of carbonyl (C=O) groups is 1. The Balaban J connectivity index is 2.42. The summed E-state index contributed by atoms with van der Waals surface area (Å²) >= 11 is 0. The molecule has 0 aliphatic carbocycles. The quantitative estimate of drug-likeness (QED) is 0.778. The molecule has 0 spiro atoms. The normalized spacial score (nSPS) is 10.2. The van der Waals surface area contributed by atoms with Gasteiger partial charge in [-0.2, -0.15) is 0 Å². The third kappa shape index (κ3) is 2.51. The minimum Gasteiger partial charge on any atom is -0.453 e. The van der Waals surface area contributed by atoms with Crippen LogP contribution >= 0.6 is 0 Å². The summed E-state index contributed by atoms with van der Waals surface area (Å²) in [5.74, 6) is -3.08. The molecule has 0 heterocycles. The van der Waals surface area contributed by atoms with Crippen LogP contribution in [0.4, 0.5) is 13.2 Å². The molecule has 0 saturated carbocycles. The fraction of sp³-hybridized carbons (Fsp3) is 0. The van der Waals surface area contributed by atoms with Gasteiger partial charge in [0, 0.05) is 18.2 Å². The van der Waals surface area contributed by atoms with Gasteiger partial charge in [-0.25, -0.2) is 13.2 Å². The van der Waals surface area contributed by atoms with Crippen molar-refractivity contribution in [3.05, 3.63) is 59.4 Å². The van der Waals surface area contributed by atoms with Gasteiger partial charge in [0.25, 0.3) is 0 Å². The van der Waals surface area contributed by atoms with Crippen molar-refractivity contribution in [3.8, 4) is 11.5 Å². The van der Waals surface area contributed by atoms with Gasteiger partial charge in [0.05, 0.1) is 5.56 Å². The summed E-state index contributed by atoms with van der Waals surface area (Å²) in [6, 6.07) is 6.19. The molecule has 0 N–H and O–H groups in total. The van der Waals surface area contributed by atoms with Gasteiger partial charge in [0.2, 0.25) is 0 Å². The average Bonchev–Trinajstić information content (AvgIpc) is 2.30. The maximum atomic E-state index is 13.5. The van der Waals surface area contributed by atoms with Crippen molar-refractivity contribution in [2.75, 3.05) is 0 Å². The summed E-state index contributed by atoms with van der Waals surface area (Å²) in [6.45, 7) is 0. The van der Waals surface area contributed by atoms with E-state index in [1.807, 2.05) is 0 Å². The smallest absolute Gasteiger partial charge is 0.173 e. The van der Waals surface area contributed by atoms with Crippen molar-refractivity contribution in [1.82, 2.24) is 0 Å². The van der Waals surface area contributed by atoms with Gasteiger partial charge >= 0.3 is 0 Å². The first-order valence-corrected chi connectivity index (χ1v) is 4.98. The van der Waals surface area contributed by atoms with Crippen molar-refractivity contribution >= 4 is 6.29 Å². The Morgan fingerprint density at radius 1 is 1.00 bits per heavy atom. The highest BCUT2D eigenvalue weighted by molar-refractivity contribution is 5.79. The number of para-hydroxylation sites is 1. The van der Waals surface area contributed by atoms with Gasteiger partial charge < -0.3 is 4.74 Å². The van der Waals surface area contributed by atoms with E-state index in [0.717, 1.165) is 18.2 Å². The Morgan fingerprint density at radius 3 is 2.28 bits per heavy atom.